The standard InChI is InChI=1S/C16H24BN5O7S/c1-6(2)9(21-17-27-3)14(25)29-11-10(24)7(5-23)28-13(11)22-12-8(30-16(22)26)4-19-15(18)20-12/h4,6-7,9-11,13,17,21,23-24H,5H2,1-3H3,(H2,18,19,20)/t7-,9+,10+,11-,13-/m1/s1. The number of carbonyl (C=O) groups excluding carboxylic acids is 1. The van der Waals surface area contributed by atoms with Gasteiger partial charge in [0.2, 0.25) is 5.95 Å². The molecule has 5 N–H and O–H groups in total. The molecule has 2 aromatic rings. The number of esters is 1. The number of ether oxygens (including phenoxy) is 2. The van der Waals surface area contributed by atoms with E-state index < -0.39 is 48.0 Å². The van der Waals surface area contributed by atoms with E-state index in [2.05, 4.69) is 15.2 Å². The SMILES string of the molecule is COBN[C@H](C(=O)O[C@@H]1[C@@H](O)[C@@H](CO)O[C@H]1n1c(=O)sc2cnc(N)nc21)C(C)C. The van der Waals surface area contributed by atoms with Crippen molar-refractivity contribution >= 4 is 41.2 Å². The lowest BCUT2D eigenvalue weighted by atomic mass is 10.0. The van der Waals surface area contributed by atoms with Crippen molar-refractivity contribution in [2.45, 2.75) is 44.4 Å². The number of nitrogens with zero attached hydrogens (tertiary/aromatic N) is 3. The van der Waals surface area contributed by atoms with E-state index in [9.17, 15) is 19.8 Å². The number of anilines is 1. The average molecular weight is 441 g/mol. The molecule has 1 aliphatic rings. The van der Waals surface area contributed by atoms with Crippen molar-refractivity contribution < 1.29 is 29.1 Å². The normalized spacial score (nSPS) is 25.0. The molecule has 2 aromatic heterocycles. The molecule has 1 fully saturated rings. The second-order valence-corrected chi connectivity index (χ2v) is 8.15. The second kappa shape index (κ2) is 9.37. The Morgan fingerprint density at radius 1 is 1.53 bits per heavy atom. The number of nitrogens with one attached hydrogen (secondary N) is 1. The zero-order chi connectivity index (χ0) is 22.0. The van der Waals surface area contributed by atoms with Crippen molar-refractivity contribution in [3.8, 4) is 0 Å². The maximum Gasteiger partial charge on any atom is 0.361 e. The van der Waals surface area contributed by atoms with Crippen LogP contribution in [0.25, 0.3) is 10.3 Å². The highest BCUT2D eigenvalue weighted by Gasteiger charge is 2.49. The van der Waals surface area contributed by atoms with Crippen molar-refractivity contribution in [2.24, 2.45) is 5.92 Å². The van der Waals surface area contributed by atoms with Gasteiger partial charge in [-0.2, -0.15) is 4.98 Å². The molecule has 0 aromatic carbocycles. The summed E-state index contributed by atoms with van der Waals surface area (Å²) in [5.74, 6) is -0.847. The van der Waals surface area contributed by atoms with Crippen molar-refractivity contribution in [1.82, 2.24) is 19.8 Å². The molecule has 0 saturated carbocycles. The molecule has 0 aliphatic carbocycles. The first-order chi connectivity index (χ1) is 14.3. The zero-order valence-electron chi connectivity index (χ0n) is 16.7. The molecular weight excluding hydrogens is 417 g/mol. The fourth-order valence-corrected chi connectivity index (χ4v) is 4.07. The smallest absolute Gasteiger partial charge is 0.361 e. The van der Waals surface area contributed by atoms with E-state index >= 15 is 0 Å². The van der Waals surface area contributed by atoms with E-state index in [1.807, 2.05) is 13.8 Å². The largest absolute Gasteiger partial charge is 0.453 e. The summed E-state index contributed by atoms with van der Waals surface area (Å²) in [4.78, 5) is 32.9. The van der Waals surface area contributed by atoms with Crippen LogP contribution in [-0.4, -0.2) is 76.4 Å². The number of hydrogen-bond acceptors (Lipinski definition) is 12. The Balaban J connectivity index is 1.96. The van der Waals surface area contributed by atoms with Crippen molar-refractivity contribution in [3.05, 3.63) is 15.9 Å². The van der Waals surface area contributed by atoms with Crippen LogP contribution in [0.3, 0.4) is 0 Å². The van der Waals surface area contributed by atoms with Crippen LogP contribution in [-0.2, 0) is 18.9 Å². The van der Waals surface area contributed by atoms with E-state index in [1.54, 1.807) is 0 Å². The minimum atomic E-state index is -1.36. The Kier molecular flexibility index (Phi) is 7.05. The van der Waals surface area contributed by atoms with E-state index in [1.165, 1.54) is 13.3 Å². The van der Waals surface area contributed by atoms with Gasteiger partial charge in [0.15, 0.2) is 18.0 Å². The van der Waals surface area contributed by atoms with Gasteiger partial charge < -0.3 is 35.3 Å². The third kappa shape index (κ3) is 4.33. The molecule has 0 spiro atoms. The summed E-state index contributed by atoms with van der Waals surface area (Å²) in [6.45, 7) is 3.11. The summed E-state index contributed by atoms with van der Waals surface area (Å²) < 4.78 is 17.8. The van der Waals surface area contributed by atoms with Gasteiger partial charge in [0, 0.05) is 7.11 Å². The quantitative estimate of drug-likeness (QED) is 0.267. The maximum absolute atomic E-state index is 12.8. The van der Waals surface area contributed by atoms with Gasteiger partial charge in [-0.15, -0.1) is 0 Å². The van der Waals surface area contributed by atoms with Gasteiger partial charge in [0.25, 0.3) is 0 Å². The van der Waals surface area contributed by atoms with Gasteiger partial charge in [-0.3, -0.25) is 14.2 Å². The third-order valence-electron chi connectivity index (χ3n) is 4.74. The number of aromatic nitrogens is 3. The van der Waals surface area contributed by atoms with Crippen molar-refractivity contribution in [3.63, 3.8) is 0 Å². The summed E-state index contributed by atoms with van der Waals surface area (Å²) in [6.07, 6.45) is -3.48. The van der Waals surface area contributed by atoms with E-state index in [-0.39, 0.29) is 25.1 Å². The summed E-state index contributed by atoms with van der Waals surface area (Å²) in [6, 6.07) is -0.722. The molecule has 0 bridgehead atoms. The highest BCUT2D eigenvalue weighted by Crippen LogP contribution is 2.34. The second-order valence-electron chi connectivity index (χ2n) is 7.15. The molecule has 14 heteroatoms. The number of carbonyl (C=O) groups is 1. The van der Waals surface area contributed by atoms with Crippen molar-refractivity contribution in [1.29, 1.82) is 0 Å². The van der Waals surface area contributed by atoms with Crippen LogP contribution >= 0.6 is 11.3 Å². The maximum atomic E-state index is 12.8. The van der Waals surface area contributed by atoms with Gasteiger partial charge in [-0.25, -0.2) is 4.98 Å². The molecule has 0 unspecified atom stereocenters. The van der Waals surface area contributed by atoms with Gasteiger partial charge >= 0.3 is 18.5 Å². The minimum Gasteiger partial charge on any atom is -0.453 e. The molecule has 1 saturated heterocycles. The lowest BCUT2D eigenvalue weighted by molar-refractivity contribution is -0.161. The molecule has 164 valence electrons. The summed E-state index contributed by atoms with van der Waals surface area (Å²) >= 11 is 0.861. The Hall–Kier alpha value is -2.10. The predicted octanol–water partition coefficient (Wildman–Crippen LogP) is -1.88. The number of nitrogens with two attached hydrogens (primary N) is 1. The fourth-order valence-electron chi connectivity index (χ4n) is 3.25. The highest BCUT2D eigenvalue weighted by atomic mass is 32.1. The van der Waals surface area contributed by atoms with E-state index in [0.29, 0.717) is 4.70 Å². The summed E-state index contributed by atoms with van der Waals surface area (Å²) in [5.41, 5.74) is 5.84. The third-order valence-corrected chi connectivity index (χ3v) is 5.62. The number of nitrogen functional groups attached to an aromatic ring is 1. The van der Waals surface area contributed by atoms with Crippen LogP contribution in [0.5, 0.6) is 0 Å². The number of hydrogen-bond donors (Lipinski definition) is 4. The average Bonchev–Trinajstić information content (AvgIpc) is 3.17. The van der Waals surface area contributed by atoms with Crippen molar-refractivity contribution in [2.75, 3.05) is 19.5 Å². The Bertz CT molecular complexity index is 954. The molecule has 3 heterocycles. The van der Waals surface area contributed by atoms with E-state index in [4.69, 9.17) is 19.9 Å². The Labute approximate surface area is 176 Å². The minimum absolute atomic E-state index is 0.0523. The first-order valence-electron chi connectivity index (χ1n) is 9.29. The first kappa shape index (κ1) is 22.6. The number of fused-ring (bicyclic) bond motifs is 1. The van der Waals surface area contributed by atoms with Crippen LogP contribution in [0, 0.1) is 5.92 Å². The van der Waals surface area contributed by atoms with Gasteiger partial charge in [-0.1, -0.05) is 25.2 Å². The molecule has 1 aliphatic heterocycles. The predicted molar refractivity (Wildman–Crippen MR) is 109 cm³/mol. The van der Waals surface area contributed by atoms with Crippen LogP contribution in [0.1, 0.15) is 20.1 Å². The van der Waals surface area contributed by atoms with Crippen LogP contribution < -0.4 is 15.8 Å². The zero-order valence-corrected chi connectivity index (χ0v) is 17.5. The molecule has 3 rings (SSSR count). The molecule has 30 heavy (non-hydrogen) atoms. The molecule has 0 radical (unpaired) electrons. The summed E-state index contributed by atoms with van der Waals surface area (Å²) in [7, 11) is 1.60. The molecule has 5 atom stereocenters. The number of aliphatic hydroxyl groups is 2. The number of rotatable bonds is 8. The number of aliphatic hydroxyl groups excluding tert-OH is 2. The van der Waals surface area contributed by atoms with Crippen LogP contribution in [0.2, 0.25) is 0 Å². The van der Waals surface area contributed by atoms with Gasteiger partial charge in [0.1, 0.15) is 18.2 Å². The topological polar surface area (TPSA) is 171 Å². The monoisotopic (exact) mass is 441 g/mol. The lowest BCUT2D eigenvalue weighted by Gasteiger charge is -2.26. The molecule has 12 nitrogen and oxygen atoms in total. The highest BCUT2D eigenvalue weighted by molar-refractivity contribution is 7.16. The number of thiazole rings is 1. The summed E-state index contributed by atoms with van der Waals surface area (Å²) in [5, 5.41) is 23.1. The lowest BCUT2D eigenvalue weighted by Crippen LogP contribution is -2.48. The van der Waals surface area contributed by atoms with Crippen LogP contribution in [0.4, 0.5) is 5.95 Å². The molecular formula is C16H24BN5O7S. The van der Waals surface area contributed by atoms with E-state index in [0.717, 1.165) is 15.9 Å². The Morgan fingerprint density at radius 3 is 2.90 bits per heavy atom. The molecule has 0 amide bonds. The van der Waals surface area contributed by atoms with Crippen LogP contribution in [0.15, 0.2) is 11.0 Å². The Morgan fingerprint density at radius 2 is 2.27 bits per heavy atom. The van der Waals surface area contributed by atoms with Gasteiger partial charge in [-0.05, 0) is 5.92 Å². The fraction of sp³-hybridized carbons (Fsp3) is 0.625. The van der Waals surface area contributed by atoms with Gasteiger partial charge in [0.05, 0.1) is 17.5 Å². The first-order valence-corrected chi connectivity index (χ1v) is 10.1.